The van der Waals surface area contributed by atoms with Crippen molar-refractivity contribution < 1.29 is 0 Å². The van der Waals surface area contributed by atoms with Crippen molar-refractivity contribution in [1.29, 1.82) is 0 Å². The first-order valence-electron chi connectivity index (χ1n) is 6.20. The SMILES string of the molecule is CCCCCC1(C)C(CC)C1CC. The van der Waals surface area contributed by atoms with Crippen LogP contribution in [0.5, 0.6) is 0 Å². The van der Waals surface area contributed by atoms with Gasteiger partial charge in [-0.05, 0) is 23.7 Å². The van der Waals surface area contributed by atoms with Gasteiger partial charge in [-0.1, -0.05) is 59.8 Å². The number of rotatable bonds is 6. The molecule has 0 bridgehead atoms. The highest BCUT2D eigenvalue weighted by Crippen LogP contribution is 2.64. The summed E-state index contributed by atoms with van der Waals surface area (Å²) < 4.78 is 0. The van der Waals surface area contributed by atoms with Crippen molar-refractivity contribution in [2.45, 2.75) is 66.2 Å². The van der Waals surface area contributed by atoms with Crippen LogP contribution in [0.2, 0.25) is 0 Å². The van der Waals surface area contributed by atoms with Crippen LogP contribution in [0.4, 0.5) is 0 Å². The molecule has 1 rings (SSSR count). The Balaban J connectivity index is 2.31. The lowest BCUT2D eigenvalue weighted by atomic mass is 9.95. The second-order valence-corrected chi connectivity index (χ2v) is 4.99. The number of unbranched alkanes of at least 4 members (excludes halogenated alkanes) is 2. The fourth-order valence-electron chi connectivity index (χ4n) is 3.39. The van der Waals surface area contributed by atoms with E-state index in [2.05, 4.69) is 27.7 Å². The van der Waals surface area contributed by atoms with E-state index >= 15 is 0 Å². The summed E-state index contributed by atoms with van der Waals surface area (Å²) in [6.07, 6.45) is 8.55. The lowest BCUT2D eigenvalue weighted by molar-refractivity contribution is 0.408. The minimum absolute atomic E-state index is 0.735. The molecule has 0 aromatic carbocycles. The van der Waals surface area contributed by atoms with Crippen molar-refractivity contribution in [3.8, 4) is 0 Å². The van der Waals surface area contributed by atoms with Crippen LogP contribution in [-0.2, 0) is 0 Å². The highest BCUT2D eigenvalue weighted by molar-refractivity contribution is 5.05. The van der Waals surface area contributed by atoms with Crippen molar-refractivity contribution in [2.24, 2.45) is 17.3 Å². The van der Waals surface area contributed by atoms with E-state index in [-0.39, 0.29) is 0 Å². The topological polar surface area (TPSA) is 0 Å². The molecule has 0 heteroatoms. The maximum absolute atomic E-state index is 2.52. The molecular formula is C13H26. The van der Waals surface area contributed by atoms with E-state index in [0.29, 0.717) is 0 Å². The molecule has 2 atom stereocenters. The third-order valence-corrected chi connectivity index (χ3v) is 4.27. The zero-order valence-corrected chi connectivity index (χ0v) is 9.90. The lowest BCUT2D eigenvalue weighted by Crippen LogP contribution is -1.99. The van der Waals surface area contributed by atoms with Crippen molar-refractivity contribution in [3.63, 3.8) is 0 Å². The van der Waals surface area contributed by atoms with Crippen LogP contribution in [0.25, 0.3) is 0 Å². The molecule has 0 saturated heterocycles. The van der Waals surface area contributed by atoms with Gasteiger partial charge in [-0.25, -0.2) is 0 Å². The van der Waals surface area contributed by atoms with Crippen LogP contribution >= 0.6 is 0 Å². The molecule has 0 heterocycles. The summed E-state index contributed by atoms with van der Waals surface area (Å²) in [5.74, 6) is 2.10. The molecular weight excluding hydrogens is 156 g/mol. The van der Waals surface area contributed by atoms with Gasteiger partial charge in [0, 0.05) is 0 Å². The maximum atomic E-state index is 2.52. The third-order valence-electron chi connectivity index (χ3n) is 4.27. The largest absolute Gasteiger partial charge is 0.0654 e. The Hall–Kier alpha value is 0. The molecule has 0 N–H and O–H groups in total. The molecule has 0 aliphatic heterocycles. The Bertz CT molecular complexity index is 138. The monoisotopic (exact) mass is 182 g/mol. The Morgan fingerprint density at radius 2 is 1.46 bits per heavy atom. The standard InChI is InChI=1S/C13H26/c1-5-8-9-10-13(4)11(6-2)12(13)7-3/h11-12H,5-10H2,1-4H3. The predicted molar refractivity (Wildman–Crippen MR) is 59.8 cm³/mol. The smallest absolute Gasteiger partial charge is 0.0264 e. The normalized spacial score (nSPS) is 37.8. The quantitative estimate of drug-likeness (QED) is 0.525. The molecule has 0 nitrogen and oxygen atoms in total. The molecule has 1 fully saturated rings. The summed E-state index contributed by atoms with van der Waals surface area (Å²) in [4.78, 5) is 0. The van der Waals surface area contributed by atoms with Gasteiger partial charge in [-0.2, -0.15) is 0 Å². The fraction of sp³-hybridized carbons (Fsp3) is 1.00. The van der Waals surface area contributed by atoms with E-state index in [1.165, 1.54) is 38.5 Å². The average Bonchev–Trinajstić information content (AvgIpc) is 2.70. The zero-order chi connectivity index (χ0) is 9.90. The van der Waals surface area contributed by atoms with Crippen LogP contribution in [0.15, 0.2) is 0 Å². The summed E-state index contributed by atoms with van der Waals surface area (Å²) in [5.41, 5.74) is 0.735. The molecule has 78 valence electrons. The Morgan fingerprint density at radius 3 is 1.85 bits per heavy atom. The number of hydrogen-bond donors (Lipinski definition) is 0. The third kappa shape index (κ3) is 2.08. The van der Waals surface area contributed by atoms with Crippen LogP contribution in [0.1, 0.15) is 66.2 Å². The van der Waals surface area contributed by atoms with Crippen molar-refractivity contribution in [1.82, 2.24) is 0 Å². The van der Waals surface area contributed by atoms with Crippen molar-refractivity contribution in [2.75, 3.05) is 0 Å². The van der Waals surface area contributed by atoms with Gasteiger partial charge in [0.15, 0.2) is 0 Å². The van der Waals surface area contributed by atoms with Gasteiger partial charge in [0.05, 0.1) is 0 Å². The second kappa shape index (κ2) is 4.48. The van der Waals surface area contributed by atoms with E-state index in [9.17, 15) is 0 Å². The minimum Gasteiger partial charge on any atom is -0.0654 e. The van der Waals surface area contributed by atoms with Gasteiger partial charge in [0.25, 0.3) is 0 Å². The van der Waals surface area contributed by atoms with E-state index in [1.54, 1.807) is 0 Å². The first kappa shape index (κ1) is 11.1. The summed E-state index contributed by atoms with van der Waals surface area (Å²) in [6.45, 7) is 9.53. The minimum atomic E-state index is 0.735. The fourth-order valence-corrected chi connectivity index (χ4v) is 3.39. The second-order valence-electron chi connectivity index (χ2n) is 4.99. The van der Waals surface area contributed by atoms with Crippen LogP contribution in [0.3, 0.4) is 0 Å². The van der Waals surface area contributed by atoms with Crippen LogP contribution < -0.4 is 0 Å². The zero-order valence-electron chi connectivity index (χ0n) is 9.90. The Labute approximate surface area is 84.1 Å². The predicted octanol–water partition coefficient (Wildman–Crippen LogP) is 4.64. The van der Waals surface area contributed by atoms with Crippen molar-refractivity contribution in [3.05, 3.63) is 0 Å². The molecule has 1 aliphatic carbocycles. The molecule has 0 aromatic heterocycles. The van der Waals surface area contributed by atoms with E-state index in [1.807, 2.05) is 0 Å². The first-order chi connectivity index (χ1) is 6.20. The van der Waals surface area contributed by atoms with E-state index < -0.39 is 0 Å². The highest BCUT2D eigenvalue weighted by Gasteiger charge is 2.57. The number of hydrogen-bond acceptors (Lipinski definition) is 0. The molecule has 2 unspecified atom stereocenters. The van der Waals surface area contributed by atoms with Gasteiger partial charge in [0.2, 0.25) is 0 Å². The Morgan fingerprint density at radius 1 is 0.923 bits per heavy atom. The Kier molecular flexibility index (Phi) is 3.82. The summed E-state index contributed by atoms with van der Waals surface area (Å²) in [7, 11) is 0. The lowest BCUT2D eigenvalue weighted by Gasteiger charge is -2.10. The molecule has 1 saturated carbocycles. The summed E-state index contributed by atoms with van der Waals surface area (Å²) in [5, 5.41) is 0. The molecule has 1 aliphatic rings. The van der Waals surface area contributed by atoms with Gasteiger partial charge in [-0.3, -0.25) is 0 Å². The van der Waals surface area contributed by atoms with Gasteiger partial charge >= 0.3 is 0 Å². The van der Waals surface area contributed by atoms with Gasteiger partial charge in [-0.15, -0.1) is 0 Å². The van der Waals surface area contributed by atoms with Crippen molar-refractivity contribution >= 4 is 0 Å². The molecule has 0 radical (unpaired) electrons. The van der Waals surface area contributed by atoms with Gasteiger partial charge in [0.1, 0.15) is 0 Å². The maximum Gasteiger partial charge on any atom is -0.0264 e. The first-order valence-corrected chi connectivity index (χ1v) is 6.20. The van der Waals surface area contributed by atoms with Crippen LogP contribution in [-0.4, -0.2) is 0 Å². The van der Waals surface area contributed by atoms with Gasteiger partial charge < -0.3 is 0 Å². The summed E-state index contributed by atoms with van der Waals surface area (Å²) >= 11 is 0. The molecule has 13 heavy (non-hydrogen) atoms. The van der Waals surface area contributed by atoms with E-state index in [0.717, 1.165) is 17.3 Å². The highest BCUT2D eigenvalue weighted by atomic mass is 14.6. The summed E-state index contributed by atoms with van der Waals surface area (Å²) in [6, 6.07) is 0. The van der Waals surface area contributed by atoms with E-state index in [4.69, 9.17) is 0 Å². The molecule has 0 aromatic rings. The van der Waals surface area contributed by atoms with Crippen LogP contribution in [0, 0.1) is 17.3 Å². The molecule has 0 spiro atoms. The molecule has 0 amide bonds. The average molecular weight is 182 g/mol.